The van der Waals surface area contributed by atoms with Crippen molar-refractivity contribution in [1.82, 2.24) is 9.80 Å². The molecule has 0 atom stereocenters. The minimum atomic E-state index is -1.82. The van der Waals surface area contributed by atoms with Gasteiger partial charge in [0, 0.05) is 44.9 Å². The number of nitro groups is 1. The Morgan fingerprint density at radius 3 is 1.76 bits per heavy atom. The third-order valence-electron chi connectivity index (χ3n) is 5.91. The number of hydrogen-bond donors (Lipinski definition) is 2. The predicted octanol–water partition coefficient (Wildman–Crippen LogP) is 3.23. The smallest absolute Gasteiger partial charge is 0.414 e. The van der Waals surface area contributed by atoms with Gasteiger partial charge in [-0.2, -0.15) is 0 Å². The summed E-state index contributed by atoms with van der Waals surface area (Å²) in [6.45, 7) is 3.41. The second-order valence-corrected chi connectivity index (χ2v) is 8.39. The highest BCUT2D eigenvalue weighted by atomic mass is 16.6. The fourth-order valence-electron chi connectivity index (χ4n) is 4.10. The van der Waals surface area contributed by atoms with Crippen LogP contribution in [-0.4, -0.2) is 69.0 Å². The zero-order valence-corrected chi connectivity index (χ0v) is 20.0. The largest absolute Gasteiger partial charge is 0.473 e. The van der Waals surface area contributed by atoms with E-state index in [1.54, 1.807) is 12.1 Å². The number of amides is 1. The van der Waals surface area contributed by atoms with Crippen LogP contribution in [0.5, 0.6) is 0 Å². The maximum Gasteiger partial charge on any atom is 0.414 e. The predicted molar refractivity (Wildman–Crippen MR) is 135 cm³/mol. The van der Waals surface area contributed by atoms with Gasteiger partial charge in [0.25, 0.3) is 5.69 Å². The number of rotatable bonds is 6. The Labute approximate surface area is 213 Å². The standard InChI is InChI=1S/C25H25N3O3.C2H2O4/c29-25(24(21-9-3-1-4-10-21)22-11-5-2-6-12-22)27-16-14-26(15-17-27)19-20-8-7-13-23(18-20)28(30)31;3-1(4)2(5)6/h1-13,18,24H,14-17,19H2;(H,3,4)(H,5,6). The van der Waals surface area contributed by atoms with Gasteiger partial charge in [-0.25, -0.2) is 9.59 Å². The first-order valence-electron chi connectivity index (χ1n) is 11.6. The lowest BCUT2D eigenvalue weighted by atomic mass is 9.90. The van der Waals surface area contributed by atoms with Crippen LogP contribution >= 0.6 is 0 Å². The van der Waals surface area contributed by atoms with Crippen LogP contribution in [-0.2, 0) is 20.9 Å². The molecule has 10 nitrogen and oxygen atoms in total. The van der Waals surface area contributed by atoms with Gasteiger partial charge < -0.3 is 15.1 Å². The average Bonchev–Trinajstić information content (AvgIpc) is 2.91. The van der Waals surface area contributed by atoms with Crippen LogP contribution in [0.3, 0.4) is 0 Å². The first-order valence-corrected chi connectivity index (χ1v) is 11.6. The Bertz CT molecular complexity index is 1180. The number of non-ortho nitro benzene ring substituents is 1. The van der Waals surface area contributed by atoms with Crippen LogP contribution in [0.25, 0.3) is 0 Å². The number of carboxylic acid groups (broad SMARTS) is 2. The van der Waals surface area contributed by atoms with Crippen LogP contribution in [0.4, 0.5) is 5.69 Å². The Kier molecular flexibility index (Phi) is 9.45. The second kappa shape index (κ2) is 12.9. The van der Waals surface area contributed by atoms with Gasteiger partial charge in [-0.3, -0.25) is 19.8 Å². The summed E-state index contributed by atoms with van der Waals surface area (Å²) in [6, 6.07) is 26.6. The summed E-state index contributed by atoms with van der Waals surface area (Å²) < 4.78 is 0. The summed E-state index contributed by atoms with van der Waals surface area (Å²) in [7, 11) is 0. The molecule has 0 radical (unpaired) electrons. The van der Waals surface area contributed by atoms with Gasteiger partial charge in [0.05, 0.1) is 10.8 Å². The fraction of sp³-hybridized carbons (Fsp3) is 0.222. The summed E-state index contributed by atoms with van der Waals surface area (Å²) in [5.74, 6) is -3.84. The van der Waals surface area contributed by atoms with E-state index in [0.29, 0.717) is 19.6 Å². The van der Waals surface area contributed by atoms with Crippen LogP contribution in [0.2, 0.25) is 0 Å². The molecule has 0 bridgehead atoms. The van der Waals surface area contributed by atoms with Crippen LogP contribution < -0.4 is 0 Å². The highest BCUT2D eigenvalue weighted by Gasteiger charge is 2.29. The van der Waals surface area contributed by atoms with Crippen molar-refractivity contribution in [3.63, 3.8) is 0 Å². The van der Waals surface area contributed by atoms with E-state index in [1.807, 2.05) is 71.6 Å². The quantitative estimate of drug-likeness (QED) is 0.296. The number of benzene rings is 3. The molecule has 1 aliphatic heterocycles. The van der Waals surface area contributed by atoms with Crippen LogP contribution in [0, 0.1) is 10.1 Å². The molecular weight excluding hydrogens is 478 g/mol. The third kappa shape index (κ3) is 7.71. The molecule has 1 fully saturated rings. The number of carboxylic acids is 2. The second-order valence-electron chi connectivity index (χ2n) is 8.39. The van der Waals surface area contributed by atoms with E-state index in [4.69, 9.17) is 19.8 Å². The Balaban J connectivity index is 0.000000568. The van der Waals surface area contributed by atoms with Crippen LogP contribution in [0.15, 0.2) is 84.9 Å². The third-order valence-corrected chi connectivity index (χ3v) is 5.91. The van der Waals surface area contributed by atoms with E-state index in [1.165, 1.54) is 6.07 Å². The lowest BCUT2D eigenvalue weighted by Gasteiger charge is -2.36. The van der Waals surface area contributed by atoms with Gasteiger partial charge in [-0.15, -0.1) is 0 Å². The lowest BCUT2D eigenvalue weighted by molar-refractivity contribution is -0.384. The molecule has 0 saturated carbocycles. The highest BCUT2D eigenvalue weighted by Crippen LogP contribution is 2.27. The number of hydrogen-bond acceptors (Lipinski definition) is 6. The molecule has 0 unspecified atom stereocenters. The number of piperazine rings is 1. The molecule has 1 aliphatic rings. The Hall–Kier alpha value is -4.57. The first kappa shape index (κ1) is 27.0. The Morgan fingerprint density at radius 1 is 0.784 bits per heavy atom. The van der Waals surface area contributed by atoms with E-state index in [9.17, 15) is 14.9 Å². The summed E-state index contributed by atoms with van der Waals surface area (Å²) in [5.41, 5.74) is 3.02. The van der Waals surface area contributed by atoms with Crippen molar-refractivity contribution in [2.45, 2.75) is 12.5 Å². The van der Waals surface area contributed by atoms with Crippen molar-refractivity contribution in [2.24, 2.45) is 0 Å². The molecule has 2 N–H and O–H groups in total. The van der Waals surface area contributed by atoms with E-state index >= 15 is 0 Å². The molecule has 3 aromatic carbocycles. The zero-order valence-electron chi connectivity index (χ0n) is 20.0. The van der Waals surface area contributed by atoms with Crippen molar-refractivity contribution >= 4 is 23.5 Å². The number of aliphatic carboxylic acids is 2. The van der Waals surface area contributed by atoms with Gasteiger partial charge in [0.15, 0.2) is 0 Å². The SMILES string of the molecule is O=C(C(c1ccccc1)c1ccccc1)N1CCN(Cc2cccc([N+](=O)[O-])c2)CC1.O=C(O)C(=O)O. The highest BCUT2D eigenvalue weighted by molar-refractivity contribution is 6.27. The maximum absolute atomic E-state index is 13.5. The summed E-state index contributed by atoms with van der Waals surface area (Å²) in [5, 5.41) is 25.8. The summed E-state index contributed by atoms with van der Waals surface area (Å²) >= 11 is 0. The van der Waals surface area contributed by atoms with Gasteiger partial charge in [0.2, 0.25) is 5.91 Å². The molecule has 4 rings (SSSR count). The molecule has 1 heterocycles. The number of nitrogens with zero attached hydrogens (tertiary/aromatic N) is 3. The summed E-state index contributed by atoms with van der Waals surface area (Å²) in [6.07, 6.45) is 0. The zero-order chi connectivity index (χ0) is 26.8. The molecule has 1 saturated heterocycles. The monoisotopic (exact) mass is 505 g/mol. The maximum atomic E-state index is 13.5. The van der Waals surface area contributed by atoms with E-state index in [-0.39, 0.29) is 22.4 Å². The molecule has 0 aliphatic carbocycles. The van der Waals surface area contributed by atoms with Crippen molar-refractivity contribution in [3.8, 4) is 0 Å². The molecule has 1 amide bonds. The Morgan fingerprint density at radius 2 is 1.30 bits per heavy atom. The summed E-state index contributed by atoms with van der Waals surface area (Å²) in [4.78, 5) is 46.5. The molecule has 0 aromatic heterocycles. The van der Waals surface area contributed by atoms with Crippen molar-refractivity contribution in [2.75, 3.05) is 26.2 Å². The van der Waals surface area contributed by atoms with Crippen molar-refractivity contribution in [1.29, 1.82) is 0 Å². The van der Waals surface area contributed by atoms with E-state index in [0.717, 1.165) is 29.8 Å². The van der Waals surface area contributed by atoms with E-state index < -0.39 is 11.9 Å². The van der Waals surface area contributed by atoms with Gasteiger partial charge in [0.1, 0.15) is 0 Å². The lowest BCUT2D eigenvalue weighted by Crippen LogP contribution is -2.49. The molecular formula is C27H27N3O7. The molecule has 192 valence electrons. The average molecular weight is 506 g/mol. The van der Waals surface area contributed by atoms with Crippen molar-refractivity contribution < 1.29 is 29.5 Å². The molecule has 0 spiro atoms. The minimum Gasteiger partial charge on any atom is -0.473 e. The fourth-order valence-corrected chi connectivity index (χ4v) is 4.10. The molecule has 37 heavy (non-hydrogen) atoms. The molecule has 3 aromatic rings. The molecule has 10 heteroatoms. The minimum absolute atomic E-state index is 0.111. The van der Waals surface area contributed by atoms with Gasteiger partial charge in [-0.05, 0) is 16.7 Å². The number of carbonyl (C=O) groups is 3. The first-order chi connectivity index (χ1) is 17.8. The van der Waals surface area contributed by atoms with Crippen molar-refractivity contribution in [3.05, 3.63) is 112 Å². The number of nitro benzene ring substituents is 1. The van der Waals surface area contributed by atoms with Crippen LogP contribution in [0.1, 0.15) is 22.6 Å². The normalized spacial score (nSPS) is 13.4. The van der Waals surface area contributed by atoms with E-state index in [2.05, 4.69) is 4.90 Å². The van der Waals surface area contributed by atoms with Gasteiger partial charge in [-0.1, -0.05) is 72.8 Å². The topological polar surface area (TPSA) is 141 Å². The number of carbonyl (C=O) groups excluding carboxylic acids is 1. The van der Waals surface area contributed by atoms with Gasteiger partial charge >= 0.3 is 11.9 Å².